The molecule has 0 saturated heterocycles. The van der Waals surface area contributed by atoms with Crippen molar-refractivity contribution in [1.82, 2.24) is 25.9 Å². The number of nitrogens with two attached hydrogens (primary N) is 2. The van der Waals surface area contributed by atoms with Crippen molar-refractivity contribution in [3.8, 4) is 0 Å². The molecule has 1 aromatic heterocycles. The van der Waals surface area contributed by atoms with Gasteiger partial charge in [-0.2, -0.15) is 0 Å². The average Bonchev–Trinajstić information content (AvgIpc) is 3.37. The van der Waals surface area contributed by atoms with Crippen LogP contribution in [0.25, 0.3) is 0 Å². The molecule has 6 atom stereocenters. The van der Waals surface area contributed by atoms with Crippen LogP contribution in [0.2, 0.25) is 0 Å². The molecule has 1 aromatic rings. The summed E-state index contributed by atoms with van der Waals surface area (Å²) in [5.74, 6) is -3.36. The molecule has 3 amide bonds. The molecule has 9 N–H and O–H groups in total. The summed E-state index contributed by atoms with van der Waals surface area (Å²) in [4.78, 5) is 57.7. The van der Waals surface area contributed by atoms with Crippen LogP contribution in [0.5, 0.6) is 0 Å². The van der Waals surface area contributed by atoms with E-state index in [1.165, 1.54) is 12.5 Å². The van der Waals surface area contributed by atoms with E-state index >= 15 is 0 Å². The zero-order valence-corrected chi connectivity index (χ0v) is 21.8. The summed E-state index contributed by atoms with van der Waals surface area (Å²) in [6, 6.07) is -3.91. The minimum Gasteiger partial charge on any atom is -0.480 e. The topological polar surface area (TPSA) is 205 Å². The van der Waals surface area contributed by atoms with Gasteiger partial charge in [0.05, 0.1) is 12.4 Å². The number of amides is 3. The zero-order valence-electron chi connectivity index (χ0n) is 21.8. The van der Waals surface area contributed by atoms with Gasteiger partial charge in [0.15, 0.2) is 0 Å². The molecule has 1 heterocycles. The molecule has 0 aliphatic rings. The highest BCUT2D eigenvalue weighted by Crippen LogP contribution is 2.12. The molecule has 204 valence electrons. The van der Waals surface area contributed by atoms with Gasteiger partial charge in [-0.3, -0.25) is 14.4 Å². The Labute approximate surface area is 212 Å². The second-order valence-corrected chi connectivity index (χ2v) is 9.31. The summed E-state index contributed by atoms with van der Waals surface area (Å²) in [5, 5.41) is 17.6. The molecular formula is C24H43N7O5. The number of hydrogen-bond donors (Lipinski definition) is 7. The van der Waals surface area contributed by atoms with Crippen molar-refractivity contribution in [2.24, 2.45) is 23.3 Å². The fraction of sp³-hybridized carbons (Fsp3) is 0.708. The van der Waals surface area contributed by atoms with Gasteiger partial charge in [-0.15, -0.1) is 0 Å². The lowest BCUT2D eigenvalue weighted by Crippen LogP contribution is -2.59. The van der Waals surface area contributed by atoms with Crippen LogP contribution in [0.1, 0.15) is 65.5 Å². The van der Waals surface area contributed by atoms with Gasteiger partial charge in [0, 0.05) is 18.3 Å². The summed E-state index contributed by atoms with van der Waals surface area (Å²) < 4.78 is 0. The summed E-state index contributed by atoms with van der Waals surface area (Å²) in [6.45, 7) is 7.77. The third-order valence-electron chi connectivity index (χ3n) is 6.49. The van der Waals surface area contributed by atoms with Crippen LogP contribution in [-0.2, 0) is 25.6 Å². The second kappa shape index (κ2) is 15.9. The molecule has 0 radical (unpaired) electrons. The van der Waals surface area contributed by atoms with Crippen LogP contribution in [-0.4, -0.2) is 69.5 Å². The third kappa shape index (κ3) is 9.94. The summed E-state index contributed by atoms with van der Waals surface area (Å²) in [6.07, 6.45) is 6.03. The van der Waals surface area contributed by atoms with E-state index in [9.17, 15) is 24.3 Å². The first-order valence-electron chi connectivity index (χ1n) is 12.6. The molecule has 0 aromatic carbocycles. The summed E-state index contributed by atoms with van der Waals surface area (Å²) in [5.41, 5.74) is 12.1. The highest BCUT2D eigenvalue weighted by atomic mass is 16.4. The van der Waals surface area contributed by atoms with E-state index in [-0.39, 0.29) is 18.3 Å². The van der Waals surface area contributed by atoms with E-state index in [1.807, 2.05) is 20.8 Å². The number of imidazole rings is 1. The van der Waals surface area contributed by atoms with E-state index in [0.717, 1.165) is 6.42 Å². The molecule has 1 rings (SSSR count). The standard InChI is InChI=1S/C24H43N7O5/c1-5-14(3)19(30-21(32)17(26)9-7-8-10-25)23(34)29-18(11-16-12-27-13-28-16)22(33)31-20(24(35)36)15(4)6-2/h12-15,17-20H,5-11,25-26H2,1-4H3,(H,27,28)(H,29,34)(H,30,32)(H,31,33)(H,35,36). The number of H-pyrrole nitrogens is 1. The number of nitrogens with zero attached hydrogens (tertiary/aromatic N) is 1. The SMILES string of the molecule is CCC(C)C(NC(=O)C(Cc1cnc[nH]1)NC(=O)C(NC(=O)C(N)CCCCN)C(C)CC)C(=O)O. The molecular weight excluding hydrogens is 466 g/mol. The summed E-state index contributed by atoms with van der Waals surface area (Å²) in [7, 11) is 0. The highest BCUT2D eigenvalue weighted by Gasteiger charge is 2.33. The van der Waals surface area contributed by atoms with Crippen LogP contribution in [0.4, 0.5) is 0 Å². The molecule has 12 heteroatoms. The normalized spacial score (nSPS) is 16.2. The predicted octanol–water partition coefficient (Wildman–Crippen LogP) is 0.0397. The first-order chi connectivity index (χ1) is 17.0. The largest absolute Gasteiger partial charge is 0.480 e. The maximum absolute atomic E-state index is 13.3. The quantitative estimate of drug-likeness (QED) is 0.142. The lowest BCUT2D eigenvalue weighted by Gasteiger charge is -2.28. The van der Waals surface area contributed by atoms with Crippen molar-refractivity contribution in [2.45, 2.75) is 90.4 Å². The maximum atomic E-state index is 13.3. The van der Waals surface area contributed by atoms with Crippen LogP contribution in [0.3, 0.4) is 0 Å². The van der Waals surface area contributed by atoms with Crippen LogP contribution in [0, 0.1) is 11.8 Å². The number of rotatable bonds is 17. The number of aliphatic carboxylic acids is 1. The first-order valence-corrected chi connectivity index (χ1v) is 12.6. The fourth-order valence-electron chi connectivity index (χ4n) is 3.63. The number of nitrogens with one attached hydrogen (secondary N) is 4. The van der Waals surface area contributed by atoms with Crippen LogP contribution in [0.15, 0.2) is 12.5 Å². The molecule has 36 heavy (non-hydrogen) atoms. The second-order valence-electron chi connectivity index (χ2n) is 9.31. The molecule has 0 aliphatic heterocycles. The smallest absolute Gasteiger partial charge is 0.326 e. The van der Waals surface area contributed by atoms with Gasteiger partial charge in [0.1, 0.15) is 18.1 Å². The lowest BCUT2D eigenvalue weighted by atomic mass is 9.96. The Morgan fingerprint density at radius 1 is 0.972 bits per heavy atom. The average molecular weight is 510 g/mol. The van der Waals surface area contributed by atoms with Gasteiger partial charge >= 0.3 is 5.97 Å². The number of carboxylic acids is 1. The van der Waals surface area contributed by atoms with E-state index in [4.69, 9.17) is 11.5 Å². The van der Waals surface area contributed by atoms with Crippen molar-refractivity contribution < 1.29 is 24.3 Å². The first kappa shape index (κ1) is 31.0. The van der Waals surface area contributed by atoms with E-state index in [2.05, 4.69) is 25.9 Å². The monoisotopic (exact) mass is 509 g/mol. The number of aromatic nitrogens is 2. The number of carboxylic acid groups (broad SMARTS) is 1. The van der Waals surface area contributed by atoms with Gasteiger partial charge < -0.3 is 37.5 Å². The minimum absolute atomic E-state index is 0.0597. The number of carbonyl (C=O) groups excluding carboxylic acids is 3. The van der Waals surface area contributed by atoms with Crippen molar-refractivity contribution in [1.29, 1.82) is 0 Å². The predicted molar refractivity (Wildman–Crippen MR) is 136 cm³/mol. The molecule has 6 unspecified atom stereocenters. The van der Waals surface area contributed by atoms with Gasteiger partial charge in [0.25, 0.3) is 0 Å². The van der Waals surface area contributed by atoms with Gasteiger partial charge in [0.2, 0.25) is 17.7 Å². The van der Waals surface area contributed by atoms with E-state index in [1.54, 1.807) is 6.92 Å². The van der Waals surface area contributed by atoms with Crippen molar-refractivity contribution in [2.75, 3.05) is 6.54 Å². The number of hydrogen-bond acceptors (Lipinski definition) is 7. The van der Waals surface area contributed by atoms with E-state index in [0.29, 0.717) is 37.9 Å². The molecule has 0 saturated carbocycles. The van der Waals surface area contributed by atoms with Gasteiger partial charge in [-0.25, -0.2) is 9.78 Å². The Balaban J connectivity index is 3.06. The molecule has 0 fully saturated rings. The van der Waals surface area contributed by atoms with Crippen molar-refractivity contribution in [3.05, 3.63) is 18.2 Å². The Hall–Kier alpha value is -2.99. The fourth-order valence-corrected chi connectivity index (χ4v) is 3.63. The highest BCUT2D eigenvalue weighted by molar-refractivity contribution is 5.94. The zero-order chi connectivity index (χ0) is 27.3. The molecule has 0 spiro atoms. The molecule has 12 nitrogen and oxygen atoms in total. The van der Waals surface area contributed by atoms with Gasteiger partial charge in [-0.1, -0.05) is 47.0 Å². The Kier molecular flexibility index (Phi) is 13.7. The van der Waals surface area contributed by atoms with Crippen molar-refractivity contribution >= 4 is 23.7 Å². The van der Waals surface area contributed by atoms with Gasteiger partial charge in [-0.05, 0) is 31.2 Å². The number of unbranched alkanes of at least 4 members (excludes halogenated alkanes) is 1. The maximum Gasteiger partial charge on any atom is 0.326 e. The minimum atomic E-state index is -1.15. The molecule has 0 bridgehead atoms. The summed E-state index contributed by atoms with van der Waals surface area (Å²) >= 11 is 0. The Morgan fingerprint density at radius 3 is 2.11 bits per heavy atom. The number of aromatic amines is 1. The van der Waals surface area contributed by atoms with Crippen LogP contribution < -0.4 is 27.4 Å². The van der Waals surface area contributed by atoms with E-state index < -0.39 is 47.9 Å². The Morgan fingerprint density at radius 2 is 1.58 bits per heavy atom. The lowest BCUT2D eigenvalue weighted by molar-refractivity contribution is -0.143. The third-order valence-corrected chi connectivity index (χ3v) is 6.49. The Bertz CT molecular complexity index is 833. The molecule has 0 aliphatic carbocycles. The van der Waals surface area contributed by atoms with Crippen molar-refractivity contribution in [3.63, 3.8) is 0 Å². The number of carbonyl (C=O) groups is 4. The van der Waals surface area contributed by atoms with Crippen LogP contribution >= 0.6 is 0 Å².